The van der Waals surface area contributed by atoms with Gasteiger partial charge in [-0.05, 0) is 12.8 Å². The van der Waals surface area contributed by atoms with Crippen molar-refractivity contribution in [1.82, 2.24) is 0 Å². The molecule has 0 aromatic heterocycles. The lowest BCUT2D eigenvalue weighted by Crippen LogP contribution is -2.14. The number of hydrogen-bond acceptors (Lipinski definition) is 7. The first-order chi connectivity index (χ1) is 17.4. The summed E-state index contributed by atoms with van der Waals surface area (Å²) in [6.07, 6.45) is 15.8. The van der Waals surface area contributed by atoms with Gasteiger partial charge in [0.1, 0.15) is 0 Å². The molecule has 0 saturated carbocycles. The van der Waals surface area contributed by atoms with E-state index in [-0.39, 0.29) is 0 Å². The van der Waals surface area contributed by atoms with E-state index in [9.17, 15) is 0 Å². The van der Waals surface area contributed by atoms with E-state index in [0.717, 1.165) is 32.5 Å². The smallest absolute Gasteiger partial charge is 0.0701 e. The van der Waals surface area contributed by atoms with Crippen LogP contribution in [0.25, 0.3) is 0 Å². The van der Waals surface area contributed by atoms with Crippen LogP contribution in [0.4, 0.5) is 0 Å². The fourth-order valence-corrected chi connectivity index (χ4v) is 3.36. The molecule has 0 aliphatic carbocycles. The van der Waals surface area contributed by atoms with Crippen molar-refractivity contribution in [3.63, 3.8) is 0 Å². The van der Waals surface area contributed by atoms with Crippen LogP contribution in [0.5, 0.6) is 0 Å². The van der Waals surface area contributed by atoms with Crippen molar-refractivity contribution >= 4 is 0 Å². The molecular weight excluding hydrogens is 448 g/mol. The zero-order valence-electron chi connectivity index (χ0n) is 23.2. The van der Waals surface area contributed by atoms with Crippen molar-refractivity contribution < 1.29 is 33.2 Å². The molecule has 0 heterocycles. The van der Waals surface area contributed by atoms with E-state index >= 15 is 0 Å². The van der Waals surface area contributed by atoms with Crippen LogP contribution in [-0.2, 0) is 33.2 Å². The molecule has 0 N–H and O–H groups in total. The topological polar surface area (TPSA) is 64.6 Å². The fourth-order valence-electron chi connectivity index (χ4n) is 3.36. The van der Waals surface area contributed by atoms with E-state index in [1.54, 1.807) is 0 Å². The maximum Gasteiger partial charge on any atom is 0.0701 e. The molecular formula is C28H58O7. The van der Waals surface area contributed by atoms with Crippen molar-refractivity contribution in [2.75, 3.05) is 92.5 Å². The van der Waals surface area contributed by atoms with Gasteiger partial charge in [0.05, 0.1) is 79.3 Å². The van der Waals surface area contributed by atoms with Gasteiger partial charge < -0.3 is 33.2 Å². The summed E-state index contributed by atoms with van der Waals surface area (Å²) in [5.74, 6) is 0. The zero-order valence-corrected chi connectivity index (χ0v) is 23.2. The third kappa shape index (κ3) is 33.7. The van der Waals surface area contributed by atoms with E-state index < -0.39 is 0 Å². The molecule has 0 aromatic rings. The Morgan fingerprint density at radius 1 is 0.229 bits per heavy atom. The largest absolute Gasteiger partial charge is 0.379 e. The Morgan fingerprint density at radius 2 is 0.457 bits per heavy atom. The van der Waals surface area contributed by atoms with Crippen LogP contribution in [0.2, 0.25) is 0 Å². The standard InChI is InChI=1S/C28H58O7/c1-3-5-7-8-9-10-11-12-13-14-16-30-18-20-32-22-24-34-26-28-35-27-25-33-23-21-31-19-17-29-15-6-4-2/h3-28H2,1-2H3. The van der Waals surface area contributed by atoms with Gasteiger partial charge in [0.2, 0.25) is 0 Å². The lowest BCUT2D eigenvalue weighted by atomic mass is 10.1. The molecule has 0 unspecified atom stereocenters. The van der Waals surface area contributed by atoms with E-state index in [4.69, 9.17) is 33.2 Å². The second-order valence-corrected chi connectivity index (χ2v) is 8.82. The SMILES string of the molecule is CCCCCCCCCCCCOCCOCCOCCOCCOCCOCCOCCCC. The first kappa shape index (κ1) is 34.7. The Balaban J connectivity index is 3.00. The summed E-state index contributed by atoms with van der Waals surface area (Å²) in [5, 5.41) is 0. The molecule has 0 aliphatic rings. The van der Waals surface area contributed by atoms with E-state index in [0.29, 0.717) is 79.3 Å². The maximum absolute atomic E-state index is 5.63. The average Bonchev–Trinajstić information content (AvgIpc) is 2.87. The van der Waals surface area contributed by atoms with Crippen molar-refractivity contribution in [1.29, 1.82) is 0 Å². The average molecular weight is 507 g/mol. The molecule has 7 nitrogen and oxygen atoms in total. The van der Waals surface area contributed by atoms with Crippen LogP contribution < -0.4 is 0 Å². The summed E-state index contributed by atoms with van der Waals surface area (Å²) in [6.45, 7) is 13.3. The molecule has 35 heavy (non-hydrogen) atoms. The predicted molar refractivity (Wildman–Crippen MR) is 142 cm³/mol. The number of rotatable bonds is 32. The molecule has 7 heteroatoms. The molecule has 0 aromatic carbocycles. The minimum absolute atomic E-state index is 0.566. The number of unbranched alkanes of at least 4 members (excludes halogenated alkanes) is 10. The lowest BCUT2D eigenvalue weighted by molar-refractivity contribution is -0.0206. The summed E-state index contributed by atoms with van der Waals surface area (Å²) in [6, 6.07) is 0. The van der Waals surface area contributed by atoms with Gasteiger partial charge in [-0.1, -0.05) is 78.1 Å². The quantitative estimate of drug-likeness (QED) is 0.106. The van der Waals surface area contributed by atoms with Gasteiger partial charge in [0.15, 0.2) is 0 Å². The highest BCUT2D eigenvalue weighted by atomic mass is 16.6. The Hall–Kier alpha value is -0.280. The molecule has 0 rings (SSSR count). The maximum atomic E-state index is 5.63. The van der Waals surface area contributed by atoms with Crippen LogP contribution in [0.3, 0.4) is 0 Å². The Morgan fingerprint density at radius 3 is 0.771 bits per heavy atom. The Labute approximate surface area is 216 Å². The summed E-state index contributed by atoms with van der Waals surface area (Å²) < 4.78 is 38.4. The van der Waals surface area contributed by atoms with Crippen LogP contribution in [0.15, 0.2) is 0 Å². The molecule has 0 atom stereocenters. The van der Waals surface area contributed by atoms with Gasteiger partial charge in [-0.15, -0.1) is 0 Å². The van der Waals surface area contributed by atoms with Crippen molar-refractivity contribution in [2.45, 2.75) is 90.9 Å². The van der Waals surface area contributed by atoms with Crippen LogP contribution in [0, 0.1) is 0 Å². The molecule has 0 fully saturated rings. The van der Waals surface area contributed by atoms with Crippen LogP contribution in [-0.4, -0.2) is 92.5 Å². The molecule has 0 radical (unpaired) electrons. The summed E-state index contributed by atoms with van der Waals surface area (Å²) >= 11 is 0. The lowest BCUT2D eigenvalue weighted by Gasteiger charge is -2.08. The predicted octanol–water partition coefficient (Wildman–Crippen LogP) is 5.82. The molecule has 0 aliphatic heterocycles. The summed E-state index contributed by atoms with van der Waals surface area (Å²) in [7, 11) is 0. The van der Waals surface area contributed by atoms with Gasteiger partial charge in [-0.3, -0.25) is 0 Å². The monoisotopic (exact) mass is 506 g/mol. The van der Waals surface area contributed by atoms with Crippen molar-refractivity contribution in [3.8, 4) is 0 Å². The van der Waals surface area contributed by atoms with Gasteiger partial charge in [0, 0.05) is 13.2 Å². The summed E-state index contributed by atoms with van der Waals surface area (Å²) in [5.41, 5.74) is 0. The van der Waals surface area contributed by atoms with Crippen molar-refractivity contribution in [2.24, 2.45) is 0 Å². The molecule has 0 amide bonds. The van der Waals surface area contributed by atoms with Gasteiger partial charge >= 0.3 is 0 Å². The fraction of sp³-hybridized carbons (Fsp3) is 1.00. The second-order valence-electron chi connectivity index (χ2n) is 8.82. The number of ether oxygens (including phenoxy) is 7. The highest BCUT2D eigenvalue weighted by molar-refractivity contribution is 4.47. The highest BCUT2D eigenvalue weighted by Crippen LogP contribution is 2.10. The van der Waals surface area contributed by atoms with Crippen LogP contribution >= 0.6 is 0 Å². The Bertz CT molecular complexity index is 326. The summed E-state index contributed by atoms with van der Waals surface area (Å²) in [4.78, 5) is 0. The first-order valence-electron chi connectivity index (χ1n) is 14.5. The van der Waals surface area contributed by atoms with E-state index in [1.165, 1.54) is 57.8 Å². The second kappa shape index (κ2) is 33.7. The van der Waals surface area contributed by atoms with Gasteiger partial charge in [-0.25, -0.2) is 0 Å². The third-order valence-corrected chi connectivity index (χ3v) is 5.52. The normalized spacial score (nSPS) is 11.5. The van der Waals surface area contributed by atoms with E-state index in [2.05, 4.69) is 13.8 Å². The minimum atomic E-state index is 0.566. The minimum Gasteiger partial charge on any atom is -0.379 e. The zero-order chi connectivity index (χ0) is 25.3. The highest BCUT2D eigenvalue weighted by Gasteiger charge is 1.96. The van der Waals surface area contributed by atoms with Gasteiger partial charge in [-0.2, -0.15) is 0 Å². The Kier molecular flexibility index (Phi) is 33.5. The molecule has 212 valence electrons. The third-order valence-electron chi connectivity index (χ3n) is 5.52. The molecule has 0 bridgehead atoms. The number of hydrogen-bond donors (Lipinski definition) is 0. The molecule has 0 saturated heterocycles. The van der Waals surface area contributed by atoms with Crippen molar-refractivity contribution in [3.05, 3.63) is 0 Å². The first-order valence-corrected chi connectivity index (χ1v) is 14.5. The molecule has 0 spiro atoms. The van der Waals surface area contributed by atoms with Crippen LogP contribution in [0.1, 0.15) is 90.9 Å². The van der Waals surface area contributed by atoms with Gasteiger partial charge in [0.25, 0.3) is 0 Å². The van der Waals surface area contributed by atoms with E-state index in [1.807, 2.05) is 0 Å².